The zero-order valence-corrected chi connectivity index (χ0v) is 11.4. The van der Waals surface area contributed by atoms with Gasteiger partial charge in [-0.25, -0.2) is 0 Å². The quantitative estimate of drug-likeness (QED) is 0.934. The molecule has 0 unspecified atom stereocenters. The van der Waals surface area contributed by atoms with Gasteiger partial charge in [-0.3, -0.25) is 4.98 Å². The number of halogens is 1. The van der Waals surface area contributed by atoms with Crippen LogP contribution in [0, 0.1) is 6.92 Å². The minimum atomic E-state index is 0.812. The number of rotatable bonds is 4. The van der Waals surface area contributed by atoms with E-state index in [1.165, 1.54) is 9.35 Å². The van der Waals surface area contributed by atoms with E-state index in [9.17, 15) is 0 Å². The van der Waals surface area contributed by atoms with Gasteiger partial charge in [0.05, 0.1) is 5.69 Å². The lowest BCUT2D eigenvalue weighted by Crippen LogP contribution is -2.13. The Morgan fingerprint density at radius 1 is 1.31 bits per heavy atom. The number of aryl methyl sites for hydroxylation is 1. The molecule has 0 fully saturated rings. The van der Waals surface area contributed by atoms with Gasteiger partial charge >= 0.3 is 0 Å². The molecule has 2 nitrogen and oxygen atoms in total. The predicted octanol–water partition coefficient (Wildman–Crippen LogP) is 3.50. The van der Waals surface area contributed by atoms with Crippen molar-refractivity contribution in [3.63, 3.8) is 0 Å². The lowest BCUT2D eigenvalue weighted by molar-refractivity contribution is 0.683. The summed E-state index contributed by atoms with van der Waals surface area (Å²) < 4.78 is 1.18. The van der Waals surface area contributed by atoms with Crippen LogP contribution in [0.5, 0.6) is 0 Å². The molecule has 0 amide bonds. The highest BCUT2D eigenvalue weighted by Crippen LogP contribution is 2.22. The molecule has 0 saturated carbocycles. The van der Waals surface area contributed by atoms with Gasteiger partial charge in [0.1, 0.15) is 0 Å². The van der Waals surface area contributed by atoms with E-state index >= 15 is 0 Å². The molecule has 0 spiro atoms. The van der Waals surface area contributed by atoms with Crippen molar-refractivity contribution in [2.75, 3.05) is 0 Å². The van der Waals surface area contributed by atoms with Gasteiger partial charge < -0.3 is 5.32 Å². The van der Waals surface area contributed by atoms with Crippen molar-refractivity contribution in [1.82, 2.24) is 10.3 Å². The van der Waals surface area contributed by atoms with Crippen LogP contribution >= 0.6 is 27.3 Å². The second kappa shape index (κ2) is 5.57. The molecule has 0 saturated heterocycles. The maximum atomic E-state index is 4.44. The van der Waals surface area contributed by atoms with Crippen LogP contribution in [0.15, 0.2) is 34.1 Å². The van der Waals surface area contributed by atoms with Crippen molar-refractivity contribution in [3.8, 4) is 0 Å². The average Bonchev–Trinajstić information content (AvgIpc) is 2.65. The molecule has 0 aromatic carbocycles. The monoisotopic (exact) mass is 296 g/mol. The van der Waals surface area contributed by atoms with Crippen LogP contribution in [-0.4, -0.2) is 4.98 Å². The molecule has 0 aliphatic heterocycles. The Balaban J connectivity index is 1.87. The molecule has 4 heteroatoms. The first-order valence-corrected chi connectivity index (χ1v) is 6.78. The molecule has 0 aliphatic carbocycles. The third kappa shape index (κ3) is 3.14. The molecule has 2 heterocycles. The van der Waals surface area contributed by atoms with E-state index in [2.05, 4.69) is 37.7 Å². The van der Waals surface area contributed by atoms with E-state index in [0.717, 1.165) is 24.5 Å². The highest BCUT2D eigenvalue weighted by atomic mass is 79.9. The molecule has 0 aliphatic rings. The fourth-order valence-corrected chi connectivity index (χ4v) is 2.92. The van der Waals surface area contributed by atoms with Crippen molar-refractivity contribution >= 4 is 27.3 Å². The first-order chi connectivity index (χ1) is 7.75. The van der Waals surface area contributed by atoms with E-state index in [1.807, 2.05) is 25.1 Å². The molecule has 16 heavy (non-hydrogen) atoms. The number of nitrogens with one attached hydrogen (secondary N) is 1. The number of hydrogen-bond donors (Lipinski definition) is 1. The van der Waals surface area contributed by atoms with Gasteiger partial charge in [-0.1, -0.05) is 6.07 Å². The van der Waals surface area contributed by atoms with Crippen molar-refractivity contribution in [3.05, 3.63) is 50.4 Å². The maximum absolute atomic E-state index is 4.44. The fourth-order valence-electron chi connectivity index (χ4n) is 1.45. The number of pyridine rings is 1. The summed E-state index contributed by atoms with van der Waals surface area (Å²) in [5.74, 6) is 0. The Hall–Kier alpha value is -0.710. The highest BCUT2D eigenvalue weighted by Gasteiger charge is 2.00. The topological polar surface area (TPSA) is 24.9 Å². The van der Waals surface area contributed by atoms with Crippen molar-refractivity contribution < 1.29 is 0 Å². The fraction of sp³-hybridized carbons (Fsp3) is 0.250. The average molecular weight is 297 g/mol. The SMILES string of the molecule is Cc1cccc(CNCc2sccc2Br)n1. The van der Waals surface area contributed by atoms with Crippen LogP contribution in [0.1, 0.15) is 16.3 Å². The van der Waals surface area contributed by atoms with Crippen LogP contribution in [0.4, 0.5) is 0 Å². The molecule has 2 aromatic heterocycles. The van der Waals surface area contributed by atoms with Crippen LogP contribution in [0.2, 0.25) is 0 Å². The van der Waals surface area contributed by atoms with Gasteiger partial charge in [-0.2, -0.15) is 0 Å². The zero-order chi connectivity index (χ0) is 11.4. The Bertz CT molecular complexity index is 468. The number of thiophene rings is 1. The summed E-state index contributed by atoms with van der Waals surface area (Å²) in [5, 5.41) is 5.48. The summed E-state index contributed by atoms with van der Waals surface area (Å²) in [6.07, 6.45) is 0. The molecule has 1 N–H and O–H groups in total. The molecule has 0 radical (unpaired) electrons. The van der Waals surface area contributed by atoms with Gasteiger partial charge in [0.15, 0.2) is 0 Å². The maximum Gasteiger partial charge on any atom is 0.0544 e. The third-order valence-corrected chi connectivity index (χ3v) is 4.16. The summed E-state index contributed by atoms with van der Waals surface area (Å²) in [6.45, 7) is 3.71. The predicted molar refractivity (Wildman–Crippen MR) is 71.5 cm³/mol. The first-order valence-electron chi connectivity index (χ1n) is 5.11. The first kappa shape index (κ1) is 11.8. The second-order valence-electron chi connectivity index (χ2n) is 3.57. The lowest BCUT2D eigenvalue weighted by Gasteiger charge is -2.04. The molecular formula is C12H13BrN2S. The van der Waals surface area contributed by atoms with Gasteiger partial charge in [-0.15, -0.1) is 11.3 Å². The molecule has 0 atom stereocenters. The summed E-state index contributed by atoms with van der Waals surface area (Å²) in [6, 6.07) is 8.18. The standard InChI is InChI=1S/C12H13BrN2S/c1-9-3-2-4-10(15-9)7-14-8-12-11(13)5-6-16-12/h2-6,14H,7-8H2,1H3. The van der Waals surface area contributed by atoms with Gasteiger partial charge in [0.25, 0.3) is 0 Å². The van der Waals surface area contributed by atoms with Crippen LogP contribution in [-0.2, 0) is 13.1 Å². The lowest BCUT2D eigenvalue weighted by atomic mass is 10.3. The van der Waals surface area contributed by atoms with Crippen molar-refractivity contribution in [1.29, 1.82) is 0 Å². The second-order valence-corrected chi connectivity index (χ2v) is 5.42. The molecular weight excluding hydrogens is 284 g/mol. The summed E-state index contributed by atoms with van der Waals surface area (Å²) >= 11 is 5.28. The highest BCUT2D eigenvalue weighted by molar-refractivity contribution is 9.10. The molecule has 0 bridgehead atoms. The minimum absolute atomic E-state index is 0.812. The van der Waals surface area contributed by atoms with Crippen LogP contribution in [0.25, 0.3) is 0 Å². The molecule has 84 valence electrons. The van der Waals surface area contributed by atoms with Crippen LogP contribution in [0.3, 0.4) is 0 Å². The Morgan fingerprint density at radius 2 is 2.19 bits per heavy atom. The van der Waals surface area contributed by atoms with Gasteiger partial charge in [0.2, 0.25) is 0 Å². The van der Waals surface area contributed by atoms with E-state index in [1.54, 1.807) is 11.3 Å². The summed E-state index contributed by atoms with van der Waals surface area (Å²) in [7, 11) is 0. The molecule has 2 aromatic rings. The van der Waals surface area contributed by atoms with Gasteiger partial charge in [0, 0.05) is 28.1 Å². The minimum Gasteiger partial charge on any atom is -0.306 e. The van der Waals surface area contributed by atoms with Crippen LogP contribution < -0.4 is 5.32 Å². The number of aromatic nitrogens is 1. The smallest absolute Gasteiger partial charge is 0.0544 e. The van der Waals surface area contributed by atoms with E-state index in [4.69, 9.17) is 0 Å². The Labute approximate surface area is 108 Å². The Kier molecular flexibility index (Phi) is 4.09. The number of hydrogen-bond acceptors (Lipinski definition) is 3. The normalized spacial score (nSPS) is 10.6. The van der Waals surface area contributed by atoms with E-state index < -0.39 is 0 Å². The largest absolute Gasteiger partial charge is 0.306 e. The van der Waals surface area contributed by atoms with E-state index in [-0.39, 0.29) is 0 Å². The third-order valence-electron chi connectivity index (χ3n) is 2.23. The Morgan fingerprint density at radius 3 is 2.88 bits per heavy atom. The number of nitrogens with zero attached hydrogens (tertiary/aromatic N) is 1. The molecule has 2 rings (SSSR count). The van der Waals surface area contributed by atoms with E-state index in [0.29, 0.717) is 0 Å². The van der Waals surface area contributed by atoms with Crippen molar-refractivity contribution in [2.45, 2.75) is 20.0 Å². The summed E-state index contributed by atoms with van der Waals surface area (Å²) in [5.41, 5.74) is 2.16. The zero-order valence-electron chi connectivity index (χ0n) is 9.03. The summed E-state index contributed by atoms with van der Waals surface area (Å²) in [4.78, 5) is 5.77. The van der Waals surface area contributed by atoms with Gasteiger partial charge in [-0.05, 0) is 46.4 Å². The van der Waals surface area contributed by atoms with Crippen molar-refractivity contribution in [2.24, 2.45) is 0 Å².